The summed E-state index contributed by atoms with van der Waals surface area (Å²) in [5, 5.41) is 12.8. The fraction of sp³-hybridized carbons (Fsp3) is 1.00. The summed E-state index contributed by atoms with van der Waals surface area (Å²) in [7, 11) is 2.16. The number of hydrogen-bond donors (Lipinski definition) is 2. The average molecular weight is 186 g/mol. The molecule has 0 amide bonds. The number of likely N-dealkylation sites (tertiary alicyclic amines) is 1. The zero-order valence-electron chi connectivity index (χ0n) is 8.95. The molecule has 0 saturated carbocycles. The second-order valence-corrected chi connectivity index (χ2v) is 4.27. The minimum Gasteiger partial charge on any atom is -0.392 e. The predicted molar refractivity (Wildman–Crippen MR) is 54.8 cm³/mol. The molecule has 0 bridgehead atoms. The van der Waals surface area contributed by atoms with Gasteiger partial charge in [0, 0.05) is 12.1 Å². The number of nitrogens with zero attached hydrogens (tertiary/aromatic N) is 1. The predicted octanol–water partition coefficient (Wildman–Crippen LogP) is 0.439. The lowest BCUT2D eigenvalue weighted by molar-refractivity contribution is 0.133. The van der Waals surface area contributed by atoms with Crippen LogP contribution in [0.25, 0.3) is 0 Å². The first-order valence-corrected chi connectivity index (χ1v) is 5.22. The molecule has 0 radical (unpaired) electrons. The lowest BCUT2D eigenvalue weighted by atomic mass is 10.0. The van der Waals surface area contributed by atoms with Gasteiger partial charge in [-0.05, 0) is 46.8 Å². The van der Waals surface area contributed by atoms with Gasteiger partial charge < -0.3 is 15.3 Å². The molecule has 2 atom stereocenters. The molecule has 3 heteroatoms. The van der Waals surface area contributed by atoms with Gasteiger partial charge in [0.25, 0.3) is 0 Å². The van der Waals surface area contributed by atoms with Crippen LogP contribution in [0.1, 0.15) is 26.7 Å². The molecule has 1 fully saturated rings. The molecular formula is C10H22N2O. The number of piperidine rings is 1. The third-order valence-corrected chi connectivity index (χ3v) is 2.94. The van der Waals surface area contributed by atoms with Crippen molar-refractivity contribution in [3.05, 3.63) is 0 Å². The van der Waals surface area contributed by atoms with Gasteiger partial charge in [0.2, 0.25) is 0 Å². The number of aliphatic hydroxyl groups excluding tert-OH is 1. The number of hydrogen-bond acceptors (Lipinski definition) is 3. The Morgan fingerprint density at radius 2 is 1.85 bits per heavy atom. The van der Waals surface area contributed by atoms with Gasteiger partial charge in [-0.1, -0.05) is 0 Å². The van der Waals surface area contributed by atoms with Crippen LogP contribution in [-0.4, -0.2) is 48.3 Å². The van der Waals surface area contributed by atoms with Crippen molar-refractivity contribution in [1.82, 2.24) is 10.2 Å². The van der Waals surface area contributed by atoms with E-state index in [1.54, 1.807) is 0 Å². The molecular weight excluding hydrogens is 164 g/mol. The molecule has 2 unspecified atom stereocenters. The van der Waals surface area contributed by atoms with Crippen LogP contribution in [0.2, 0.25) is 0 Å². The van der Waals surface area contributed by atoms with E-state index in [1.807, 2.05) is 13.8 Å². The highest BCUT2D eigenvalue weighted by atomic mass is 16.3. The summed E-state index contributed by atoms with van der Waals surface area (Å²) in [5.74, 6) is 0. The third-order valence-electron chi connectivity index (χ3n) is 2.94. The van der Waals surface area contributed by atoms with Crippen LogP contribution in [0, 0.1) is 0 Å². The summed E-state index contributed by atoms with van der Waals surface area (Å²) >= 11 is 0. The minimum absolute atomic E-state index is 0.216. The highest BCUT2D eigenvalue weighted by Crippen LogP contribution is 2.09. The highest BCUT2D eigenvalue weighted by Gasteiger charge is 2.19. The number of aliphatic hydroxyl groups is 1. The first-order valence-electron chi connectivity index (χ1n) is 5.22. The monoisotopic (exact) mass is 186 g/mol. The van der Waals surface area contributed by atoms with E-state index < -0.39 is 0 Å². The van der Waals surface area contributed by atoms with E-state index in [0.717, 1.165) is 0 Å². The van der Waals surface area contributed by atoms with Gasteiger partial charge in [-0.3, -0.25) is 0 Å². The molecule has 1 heterocycles. The Hall–Kier alpha value is -0.120. The van der Waals surface area contributed by atoms with Crippen molar-refractivity contribution in [3.63, 3.8) is 0 Å². The van der Waals surface area contributed by atoms with E-state index >= 15 is 0 Å². The molecule has 1 saturated heterocycles. The summed E-state index contributed by atoms with van der Waals surface area (Å²) in [5.41, 5.74) is 0. The fourth-order valence-electron chi connectivity index (χ4n) is 1.69. The molecule has 78 valence electrons. The maximum Gasteiger partial charge on any atom is 0.0662 e. The second-order valence-electron chi connectivity index (χ2n) is 4.27. The Balaban J connectivity index is 2.22. The maximum atomic E-state index is 9.33. The standard InChI is InChI=1S/C10H22N2O/c1-8(9(2)13)11-10-4-6-12(3)7-5-10/h8-11,13H,4-7H2,1-3H3. The van der Waals surface area contributed by atoms with Crippen LogP contribution in [0.15, 0.2) is 0 Å². The molecule has 1 aliphatic heterocycles. The molecule has 3 nitrogen and oxygen atoms in total. The summed E-state index contributed by atoms with van der Waals surface area (Å²) in [6, 6.07) is 0.814. The second kappa shape index (κ2) is 4.94. The van der Waals surface area contributed by atoms with Gasteiger partial charge >= 0.3 is 0 Å². The molecule has 0 aromatic carbocycles. The van der Waals surface area contributed by atoms with E-state index in [0.29, 0.717) is 6.04 Å². The van der Waals surface area contributed by atoms with Crippen molar-refractivity contribution in [2.75, 3.05) is 20.1 Å². The first kappa shape index (κ1) is 11.0. The summed E-state index contributed by atoms with van der Waals surface area (Å²) in [4.78, 5) is 2.35. The van der Waals surface area contributed by atoms with E-state index in [1.165, 1.54) is 25.9 Å². The van der Waals surface area contributed by atoms with Gasteiger partial charge in [0.05, 0.1) is 6.10 Å². The van der Waals surface area contributed by atoms with Crippen LogP contribution in [0.3, 0.4) is 0 Å². The molecule has 1 rings (SSSR count). The van der Waals surface area contributed by atoms with Crippen LogP contribution < -0.4 is 5.32 Å². The van der Waals surface area contributed by atoms with Crippen molar-refractivity contribution < 1.29 is 5.11 Å². The van der Waals surface area contributed by atoms with E-state index in [-0.39, 0.29) is 12.1 Å². The lowest BCUT2D eigenvalue weighted by Crippen LogP contribution is -2.47. The largest absolute Gasteiger partial charge is 0.392 e. The Labute approximate surface area is 81.1 Å². The smallest absolute Gasteiger partial charge is 0.0662 e. The van der Waals surface area contributed by atoms with Crippen LogP contribution in [0.5, 0.6) is 0 Å². The molecule has 0 spiro atoms. The first-order chi connectivity index (χ1) is 6.09. The SMILES string of the molecule is CC(O)C(C)NC1CCN(C)CC1. The molecule has 2 N–H and O–H groups in total. The lowest BCUT2D eigenvalue weighted by Gasteiger charge is -2.32. The molecule has 13 heavy (non-hydrogen) atoms. The van der Waals surface area contributed by atoms with Crippen LogP contribution in [-0.2, 0) is 0 Å². The van der Waals surface area contributed by atoms with Crippen molar-refractivity contribution in [3.8, 4) is 0 Å². The number of nitrogens with one attached hydrogen (secondary N) is 1. The van der Waals surface area contributed by atoms with E-state index in [9.17, 15) is 5.11 Å². The summed E-state index contributed by atoms with van der Waals surface area (Å²) < 4.78 is 0. The van der Waals surface area contributed by atoms with Crippen LogP contribution >= 0.6 is 0 Å². The normalized spacial score (nSPS) is 25.8. The zero-order valence-corrected chi connectivity index (χ0v) is 8.95. The molecule has 1 aliphatic rings. The maximum absolute atomic E-state index is 9.33. The Morgan fingerprint density at radius 3 is 2.31 bits per heavy atom. The van der Waals surface area contributed by atoms with E-state index in [2.05, 4.69) is 17.3 Å². The zero-order chi connectivity index (χ0) is 9.84. The fourth-order valence-corrected chi connectivity index (χ4v) is 1.69. The molecule has 0 aliphatic carbocycles. The Kier molecular flexibility index (Phi) is 4.16. The van der Waals surface area contributed by atoms with Gasteiger partial charge in [-0.15, -0.1) is 0 Å². The van der Waals surface area contributed by atoms with Gasteiger partial charge in [-0.2, -0.15) is 0 Å². The average Bonchev–Trinajstić information content (AvgIpc) is 2.08. The molecule has 0 aromatic heterocycles. The third kappa shape index (κ3) is 3.63. The van der Waals surface area contributed by atoms with Crippen LogP contribution in [0.4, 0.5) is 0 Å². The summed E-state index contributed by atoms with van der Waals surface area (Å²) in [6.07, 6.45) is 2.15. The van der Waals surface area contributed by atoms with Gasteiger partial charge in [0.1, 0.15) is 0 Å². The Bertz CT molecular complexity index is 142. The van der Waals surface area contributed by atoms with Gasteiger partial charge in [0.15, 0.2) is 0 Å². The molecule has 0 aromatic rings. The van der Waals surface area contributed by atoms with Gasteiger partial charge in [-0.25, -0.2) is 0 Å². The van der Waals surface area contributed by atoms with Crippen molar-refractivity contribution >= 4 is 0 Å². The van der Waals surface area contributed by atoms with Crippen molar-refractivity contribution in [1.29, 1.82) is 0 Å². The topological polar surface area (TPSA) is 35.5 Å². The van der Waals surface area contributed by atoms with E-state index in [4.69, 9.17) is 0 Å². The Morgan fingerprint density at radius 1 is 1.31 bits per heavy atom. The number of rotatable bonds is 3. The minimum atomic E-state index is -0.250. The summed E-state index contributed by atoms with van der Waals surface area (Å²) in [6.45, 7) is 6.23. The van der Waals surface area contributed by atoms with Crippen molar-refractivity contribution in [2.45, 2.75) is 44.9 Å². The quantitative estimate of drug-likeness (QED) is 0.671. The van der Waals surface area contributed by atoms with Crippen molar-refractivity contribution in [2.24, 2.45) is 0 Å². The highest BCUT2D eigenvalue weighted by molar-refractivity contribution is 4.79.